The van der Waals surface area contributed by atoms with Crippen molar-refractivity contribution in [3.8, 4) is 0 Å². The van der Waals surface area contributed by atoms with Crippen LogP contribution >= 0.6 is 0 Å². The minimum Gasteiger partial charge on any atom is -0.462 e. The van der Waals surface area contributed by atoms with Gasteiger partial charge in [-0.25, -0.2) is 0 Å². The van der Waals surface area contributed by atoms with Gasteiger partial charge in [0.2, 0.25) is 0 Å². The van der Waals surface area contributed by atoms with Crippen molar-refractivity contribution in [1.29, 1.82) is 0 Å². The van der Waals surface area contributed by atoms with Crippen LogP contribution in [0.1, 0.15) is 316 Å². The van der Waals surface area contributed by atoms with E-state index in [0.29, 0.717) is 19.3 Å². The Hall–Kier alpha value is -1.59. The molecule has 0 rings (SSSR count). The molecular weight excluding hydrogens is 757 g/mol. The van der Waals surface area contributed by atoms with Crippen LogP contribution in [0, 0.1) is 0 Å². The van der Waals surface area contributed by atoms with E-state index in [1.54, 1.807) is 0 Å². The second-order valence-corrected chi connectivity index (χ2v) is 18.9. The fourth-order valence-electron chi connectivity index (χ4n) is 8.45. The molecule has 0 amide bonds. The third kappa shape index (κ3) is 49.3. The Morgan fingerprint density at radius 1 is 0.262 bits per heavy atom. The summed E-state index contributed by atoms with van der Waals surface area (Å²) in [5.41, 5.74) is 0. The van der Waals surface area contributed by atoms with Crippen molar-refractivity contribution in [2.45, 2.75) is 322 Å². The molecule has 0 radical (unpaired) electrons. The second kappa shape index (κ2) is 51.0. The highest BCUT2D eigenvalue weighted by Gasteiger charge is 2.19. The number of ether oxygens (including phenoxy) is 3. The first-order chi connectivity index (χ1) is 30.0. The average molecular weight is 863 g/mol. The van der Waals surface area contributed by atoms with E-state index in [4.69, 9.17) is 14.2 Å². The number of rotatable bonds is 51. The number of unbranched alkanes of at least 4 members (excludes halogenated alkanes) is 40. The van der Waals surface area contributed by atoms with Gasteiger partial charge in [-0.05, 0) is 19.3 Å². The standard InChI is InChI=1S/C55H106O6/c1-4-7-10-13-16-19-22-24-25-26-27-28-29-31-34-37-40-43-46-49-55(58)61-52(50-59-53(56)47-44-41-38-35-32-21-18-15-12-9-6-3)51-60-54(57)48-45-42-39-36-33-30-23-20-17-14-11-8-5-2/h52H,4-51H2,1-3H3/t52-/m0/s1. The van der Waals surface area contributed by atoms with Crippen LogP contribution in [0.15, 0.2) is 0 Å². The van der Waals surface area contributed by atoms with Crippen molar-refractivity contribution >= 4 is 17.9 Å². The van der Waals surface area contributed by atoms with Gasteiger partial charge in [0.05, 0.1) is 0 Å². The van der Waals surface area contributed by atoms with Crippen LogP contribution in [-0.4, -0.2) is 37.2 Å². The van der Waals surface area contributed by atoms with Gasteiger partial charge in [0.1, 0.15) is 13.2 Å². The summed E-state index contributed by atoms with van der Waals surface area (Å²) in [5.74, 6) is -0.838. The number of hydrogen-bond acceptors (Lipinski definition) is 6. The van der Waals surface area contributed by atoms with Gasteiger partial charge in [-0.15, -0.1) is 0 Å². The zero-order valence-electron chi connectivity index (χ0n) is 41.5. The summed E-state index contributed by atoms with van der Waals surface area (Å²) in [4.78, 5) is 38.0. The SMILES string of the molecule is CCCCCCCCCCCCCCCCCCCCCC(=O)O[C@@H](COC(=O)CCCCCCCCCCCCC)COC(=O)CCCCCCCCCCCCCCC. The van der Waals surface area contributed by atoms with E-state index in [1.165, 1.54) is 218 Å². The van der Waals surface area contributed by atoms with Crippen LogP contribution in [0.4, 0.5) is 0 Å². The first kappa shape index (κ1) is 59.4. The summed E-state index contributed by atoms with van der Waals surface area (Å²) < 4.78 is 16.8. The molecule has 0 N–H and O–H groups in total. The molecule has 0 aliphatic heterocycles. The first-order valence-electron chi connectivity index (χ1n) is 27.5. The lowest BCUT2D eigenvalue weighted by Gasteiger charge is -2.18. The highest BCUT2D eigenvalue weighted by Crippen LogP contribution is 2.17. The molecule has 0 spiro atoms. The smallest absolute Gasteiger partial charge is 0.306 e. The lowest BCUT2D eigenvalue weighted by atomic mass is 10.0. The van der Waals surface area contributed by atoms with Gasteiger partial charge in [0.25, 0.3) is 0 Å². The third-order valence-corrected chi connectivity index (χ3v) is 12.6. The topological polar surface area (TPSA) is 78.9 Å². The quantitative estimate of drug-likeness (QED) is 0.0344. The Morgan fingerprint density at radius 3 is 0.656 bits per heavy atom. The molecule has 362 valence electrons. The lowest BCUT2D eigenvalue weighted by Crippen LogP contribution is -2.30. The molecule has 0 aliphatic carbocycles. The number of carbonyl (C=O) groups is 3. The summed E-state index contributed by atoms with van der Waals surface area (Å²) in [6.07, 6.45) is 55.2. The Kier molecular flexibility index (Phi) is 49.7. The largest absolute Gasteiger partial charge is 0.462 e. The molecule has 6 heteroatoms. The molecule has 0 aromatic rings. The Morgan fingerprint density at radius 2 is 0.443 bits per heavy atom. The van der Waals surface area contributed by atoms with Crippen LogP contribution in [0.2, 0.25) is 0 Å². The molecule has 61 heavy (non-hydrogen) atoms. The minimum atomic E-state index is -0.760. The molecule has 0 bridgehead atoms. The Balaban J connectivity index is 4.25. The van der Waals surface area contributed by atoms with Crippen LogP contribution in [0.3, 0.4) is 0 Å². The molecule has 6 nitrogen and oxygen atoms in total. The maximum absolute atomic E-state index is 12.8. The zero-order chi connectivity index (χ0) is 44.4. The van der Waals surface area contributed by atoms with Crippen LogP contribution < -0.4 is 0 Å². The third-order valence-electron chi connectivity index (χ3n) is 12.6. The maximum Gasteiger partial charge on any atom is 0.306 e. The fraction of sp³-hybridized carbons (Fsp3) is 0.945. The van der Waals surface area contributed by atoms with Gasteiger partial charge in [0, 0.05) is 19.3 Å². The molecule has 1 atom stereocenters. The molecule has 0 aliphatic rings. The Labute approximate surface area is 380 Å². The summed E-state index contributed by atoms with van der Waals surface area (Å²) in [5, 5.41) is 0. The predicted octanol–water partition coefficient (Wildman–Crippen LogP) is 18.0. The van der Waals surface area contributed by atoms with Gasteiger partial charge >= 0.3 is 17.9 Å². The minimum absolute atomic E-state index is 0.0616. The van der Waals surface area contributed by atoms with Gasteiger partial charge in [0.15, 0.2) is 6.10 Å². The van der Waals surface area contributed by atoms with E-state index >= 15 is 0 Å². The van der Waals surface area contributed by atoms with E-state index in [2.05, 4.69) is 20.8 Å². The maximum atomic E-state index is 12.8. The number of carbonyl (C=O) groups excluding carboxylic acids is 3. The second-order valence-electron chi connectivity index (χ2n) is 18.9. The molecule has 0 saturated heterocycles. The molecule has 0 heterocycles. The molecule has 0 fully saturated rings. The van der Waals surface area contributed by atoms with E-state index in [9.17, 15) is 14.4 Å². The molecular formula is C55H106O6. The van der Waals surface area contributed by atoms with Gasteiger partial charge in [-0.3, -0.25) is 14.4 Å². The van der Waals surface area contributed by atoms with E-state index in [1.807, 2.05) is 0 Å². The van der Waals surface area contributed by atoms with E-state index in [0.717, 1.165) is 57.8 Å². The van der Waals surface area contributed by atoms with Crippen molar-refractivity contribution in [1.82, 2.24) is 0 Å². The molecule has 0 aromatic heterocycles. The van der Waals surface area contributed by atoms with Gasteiger partial charge < -0.3 is 14.2 Å². The van der Waals surface area contributed by atoms with E-state index in [-0.39, 0.29) is 31.1 Å². The first-order valence-corrected chi connectivity index (χ1v) is 27.5. The summed E-state index contributed by atoms with van der Waals surface area (Å²) >= 11 is 0. The summed E-state index contributed by atoms with van der Waals surface area (Å²) in [6.45, 7) is 6.69. The summed E-state index contributed by atoms with van der Waals surface area (Å²) in [7, 11) is 0. The molecule has 0 aromatic carbocycles. The van der Waals surface area contributed by atoms with Crippen molar-refractivity contribution in [2.24, 2.45) is 0 Å². The van der Waals surface area contributed by atoms with Crippen LogP contribution in [-0.2, 0) is 28.6 Å². The summed E-state index contributed by atoms with van der Waals surface area (Å²) in [6, 6.07) is 0. The van der Waals surface area contributed by atoms with Crippen molar-refractivity contribution < 1.29 is 28.6 Å². The highest BCUT2D eigenvalue weighted by molar-refractivity contribution is 5.71. The zero-order valence-corrected chi connectivity index (χ0v) is 41.5. The fourth-order valence-corrected chi connectivity index (χ4v) is 8.45. The molecule has 0 unspecified atom stereocenters. The van der Waals surface area contributed by atoms with Crippen molar-refractivity contribution in [2.75, 3.05) is 13.2 Å². The molecule has 0 saturated carbocycles. The lowest BCUT2D eigenvalue weighted by molar-refractivity contribution is -0.167. The van der Waals surface area contributed by atoms with Crippen molar-refractivity contribution in [3.63, 3.8) is 0 Å². The normalized spacial score (nSPS) is 11.9. The van der Waals surface area contributed by atoms with Crippen LogP contribution in [0.5, 0.6) is 0 Å². The number of esters is 3. The monoisotopic (exact) mass is 863 g/mol. The number of hydrogen-bond donors (Lipinski definition) is 0. The van der Waals surface area contributed by atoms with Gasteiger partial charge in [-0.1, -0.05) is 278 Å². The van der Waals surface area contributed by atoms with Crippen LogP contribution in [0.25, 0.3) is 0 Å². The highest BCUT2D eigenvalue weighted by atomic mass is 16.6. The van der Waals surface area contributed by atoms with Gasteiger partial charge in [-0.2, -0.15) is 0 Å². The predicted molar refractivity (Wildman–Crippen MR) is 261 cm³/mol. The average Bonchev–Trinajstić information content (AvgIpc) is 3.26. The van der Waals surface area contributed by atoms with Crippen molar-refractivity contribution in [3.05, 3.63) is 0 Å². The van der Waals surface area contributed by atoms with E-state index < -0.39 is 6.10 Å². The Bertz CT molecular complexity index is 905.